The molecule has 126 valence electrons. The highest BCUT2D eigenvalue weighted by Gasteiger charge is 2.27. The monoisotopic (exact) mass is 398 g/mol. The fourth-order valence-electron chi connectivity index (χ4n) is 1.87. The average molecular weight is 399 g/mol. The van der Waals surface area contributed by atoms with Crippen LogP contribution in [0.25, 0.3) is 6.08 Å². The topological polar surface area (TPSA) is 131 Å². The van der Waals surface area contributed by atoms with Gasteiger partial charge in [0.05, 0.1) is 11.6 Å². The molecule has 0 spiro atoms. The van der Waals surface area contributed by atoms with E-state index in [2.05, 4.69) is 15.9 Å². The molecule has 0 aliphatic carbocycles. The zero-order valence-corrected chi connectivity index (χ0v) is 13.8. The third-order valence-corrected chi connectivity index (χ3v) is 3.44. The number of methoxy groups -OCH3 is 1. The summed E-state index contributed by atoms with van der Waals surface area (Å²) in [7, 11) is 1.35. The van der Waals surface area contributed by atoms with Crippen LogP contribution in [0.5, 0.6) is 11.5 Å². The van der Waals surface area contributed by atoms with E-state index in [0.717, 1.165) is 0 Å². The van der Waals surface area contributed by atoms with Crippen LogP contribution in [0.2, 0.25) is 0 Å². The largest absolute Gasteiger partial charge is 0.493 e. The van der Waals surface area contributed by atoms with E-state index in [-0.39, 0.29) is 17.1 Å². The molecule has 1 saturated heterocycles. The van der Waals surface area contributed by atoms with Crippen molar-refractivity contribution in [1.82, 2.24) is 10.6 Å². The summed E-state index contributed by atoms with van der Waals surface area (Å²) in [5.41, 5.74) is 0.138. The van der Waals surface area contributed by atoms with Gasteiger partial charge in [-0.1, -0.05) is 0 Å². The van der Waals surface area contributed by atoms with Gasteiger partial charge in [0, 0.05) is 0 Å². The Labute approximate surface area is 143 Å². The second-order valence-electron chi connectivity index (χ2n) is 4.51. The Bertz CT molecular complexity index is 751. The number of carboxylic acids is 1. The first kappa shape index (κ1) is 17.5. The van der Waals surface area contributed by atoms with Crippen molar-refractivity contribution in [3.05, 3.63) is 27.7 Å². The van der Waals surface area contributed by atoms with E-state index in [1.54, 1.807) is 0 Å². The van der Waals surface area contributed by atoms with Gasteiger partial charge in [0.2, 0.25) is 0 Å². The molecule has 1 heterocycles. The number of imide groups is 2. The number of benzene rings is 1. The first-order valence-corrected chi connectivity index (χ1v) is 7.21. The maximum absolute atomic E-state index is 11.7. The standard InChI is InChI=1S/C14H11BrN2O7/c1-23-9-4-6(3-8(15)11(9)24-5-10(18)19)2-7-12(20)16-14(22)17-13(7)21/h2-4H,5H2,1H3,(H,18,19)(H2,16,17,20,21,22). The lowest BCUT2D eigenvalue weighted by Crippen LogP contribution is -2.51. The Kier molecular flexibility index (Phi) is 5.19. The SMILES string of the molecule is COc1cc(C=C2C(=O)NC(=O)NC2=O)cc(Br)c1OCC(=O)O. The van der Waals surface area contributed by atoms with Crippen LogP contribution in [0.3, 0.4) is 0 Å². The molecule has 10 heteroatoms. The van der Waals surface area contributed by atoms with E-state index in [1.165, 1.54) is 25.3 Å². The van der Waals surface area contributed by atoms with Gasteiger partial charge in [-0.3, -0.25) is 20.2 Å². The Morgan fingerprint density at radius 2 is 1.88 bits per heavy atom. The van der Waals surface area contributed by atoms with Crippen molar-refractivity contribution < 1.29 is 33.8 Å². The van der Waals surface area contributed by atoms with Gasteiger partial charge < -0.3 is 14.6 Å². The number of nitrogens with one attached hydrogen (secondary N) is 2. The zero-order valence-electron chi connectivity index (χ0n) is 12.2. The number of ether oxygens (including phenoxy) is 2. The molecular formula is C14H11BrN2O7. The van der Waals surface area contributed by atoms with Gasteiger partial charge in [-0.05, 0) is 39.7 Å². The fraction of sp³-hybridized carbons (Fsp3) is 0.143. The van der Waals surface area contributed by atoms with Crippen LogP contribution in [-0.2, 0) is 14.4 Å². The van der Waals surface area contributed by atoms with E-state index in [4.69, 9.17) is 14.6 Å². The summed E-state index contributed by atoms with van der Waals surface area (Å²) in [6.45, 7) is -0.567. The number of barbiturate groups is 1. The Hall–Kier alpha value is -2.88. The number of hydrogen-bond donors (Lipinski definition) is 3. The summed E-state index contributed by atoms with van der Waals surface area (Å²) in [4.78, 5) is 45.0. The summed E-state index contributed by atoms with van der Waals surface area (Å²) in [5, 5.41) is 12.6. The maximum Gasteiger partial charge on any atom is 0.341 e. The second kappa shape index (κ2) is 7.13. The van der Waals surface area contributed by atoms with Gasteiger partial charge >= 0.3 is 12.0 Å². The molecule has 0 saturated carbocycles. The second-order valence-corrected chi connectivity index (χ2v) is 5.37. The lowest BCUT2D eigenvalue weighted by Gasteiger charge is -2.15. The smallest absolute Gasteiger partial charge is 0.341 e. The molecule has 0 radical (unpaired) electrons. The maximum atomic E-state index is 11.7. The van der Waals surface area contributed by atoms with Crippen LogP contribution in [0.15, 0.2) is 22.2 Å². The van der Waals surface area contributed by atoms with Crippen molar-refractivity contribution in [1.29, 1.82) is 0 Å². The molecule has 1 aromatic carbocycles. The van der Waals surface area contributed by atoms with Crippen molar-refractivity contribution >= 4 is 45.8 Å². The quantitative estimate of drug-likeness (QED) is 0.490. The van der Waals surface area contributed by atoms with Gasteiger partial charge in [0.25, 0.3) is 11.8 Å². The molecule has 2 rings (SSSR count). The van der Waals surface area contributed by atoms with E-state index >= 15 is 0 Å². The van der Waals surface area contributed by atoms with Crippen LogP contribution in [0.4, 0.5) is 4.79 Å². The molecule has 0 bridgehead atoms. The average Bonchev–Trinajstić information content (AvgIpc) is 2.49. The number of hydrogen-bond acceptors (Lipinski definition) is 6. The predicted octanol–water partition coefficient (Wildman–Crippen LogP) is 0.670. The zero-order chi connectivity index (χ0) is 17.9. The minimum Gasteiger partial charge on any atom is -0.493 e. The van der Waals surface area contributed by atoms with E-state index in [1.807, 2.05) is 10.6 Å². The first-order valence-electron chi connectivity index (χ1n) is 6.42. The summed E-state index contributed by atoms with van der Waals surface area (Å²) in [5.74, 6) is -2.45. The molecule has 0 unspecified atom stereocenters. The molecular weight excluding hydrogens is 388 g/mol. The third-order valence-electron chi connectivity index (χ3n) is 2.85. The lowest BCUT2D eigenvalue weighted by atomic mass is 10.1. The molecule has 0 atom stereocenters. The number of urea groups is 1. The highest BCUT2D eigenvalue weighted by molar-refractivity contribution is 9.10. The molecule has 1 aromatic rings. The molecule has 3 N–H and O–H groups in total. The van der Waals surface area contributed by atoms with Crippen molar-refractivity contribution in [2.45, 2.75) is 0 Å². The number of halogens is 1. The Morgan fingerprint density at radius 3 is 2.42 bits per heavy atom. The van der Waals surface area contributed by atoms with E-state index in [9.17, 15) is 19.2 Å². The summed E-state index contributed by atoms with van der Waals surface area (Å²) >= 11 is 3.21. The van der Waals surface area contributed by atoms with Crippen LogP contribution in [0, 0.1) is 0 Å². The van der Waals surface area contributed by atoms with Crippen molar-refractivity contribution in [3.8, 4) is 11.5 Å². The molecule has 9 nitrogen and oxygen atoms in total. The highest BCUT2D eigenvalue weighted by Crippen LogP contribution is 2.37. The summed E-state index contributed by atoms with van der Waals surface area (Å²) in [6, 6.07) is 2.06. The number of carbonyl (C=O) groups is 4. The van der Waals surface area contributed by atoms with Crippen molar-refractivity contribution in [3.63, 3.8) is 0 Å². The Morgan fingerprint density at radius 1 is 1.25 bits per heavy atom. The molecule has 1 fully saturated rings. The highest BCUT2D eigenvalue weighted by atomic mass is 79.9. The molecule has 24 heavy (non-hydrogen) atoms. The number of aliphatic carboxylic acids is 1. The van der Waals surface area contributed by atoms with Crippen LogP contribution >= 0.6 is 15.9 Å². The summed E-state index contributed by atoms with van der Waals surface area (Å²) < 4.78 is 10.6. The molecule has 1 aliphatic rings. The van der Waals surface area contributed by atoms with Crippen LogP contribution in [0.1, 0.15) is 5.56 Å². The normalized spacial score (nSPS) is 13.9. The van der Waals surface area contributed by atoms with Gasteiger partial charge in [-0.25, -0.2) is 9.59 Å². The summed E-state index contributed by atoms with van der Waals surface area (Å²) in [6.07, 6.45) is 1.26. The van der Waals surface area contributed by atoms with E-state index in [0.29, 0.717) is 10.0 Å². The van der Waals surface area contributed by atoms with E-state index < -0.39 is 30.4 Å². The Balaban J connectivity index is 2.38. The molecule has 4 amide bonds. The van der Waals surface area contributed by atoms with Gasteiger partial charge in [-0.2, -0.15) is 0 Å². The molecule has 1 aliphatic heterocycles. The van der Waals surface area contributed by atoms with Crippen LogP contribution < -0.4 is 20.1 Å². The lowest BCUT2D eigenvalue weighted by molar-refractivity contribution is -0.139. The predicted molar refractivity (Wildman–Crippen MR) is 83.5 cm³/mol. The van der Waals surface area contributed by atoms with Gasteiger partial charge in [-0.15, -0.1) is 0 Å². The third kappa shape index (κ3) is 3.90. The van der Waals surface area contributed by atoms with Crippen molar-refractivity contribution in [2.75, 3.05) is 13.7 Å². The van der Waals surface area contributed by atoms with Gasteiger partial charge in [0.1, 0.15) is 5.57 Å². The molecule has 0 aromatic heterocycles. The number of carbonyl (C=O) groups excluding carboxylic acids is 3. The first-order chi connectivity index (χ1) is 11.3. The number of amides is 4. The fourth-order valence-corrected chi connectivity index (χ4v) is 2.44. The van der Waals surface area contributed by atoms with Gasteiger partial charge in [0.15, 0.2) is 18.1 Å². The van der Waals surface area contributed by atoms with Crippen LogP contribution in [-0.4, -0.2) is 42.6 Å². The number of carboxylic acid groups (broad SMARTS) is 1. The minimum atomic E-state index is -1.16. The number of rotatable bonds is 5. The minimum absolute atomic E-state index is 0.162. The van der Waals surface area contributed by atoms with Crippen molar-refractivity contribution in [2.24, 2.45) is 0 Å².